The zero-order valence-electron chi connectivity index (χ0n) is 17.6. The van der Waals surface area contributed by atoms with Gasteiger partial charge in [-0.3, -0.25) is 4.79 Å². The van der Waals surface area contributed by atoms with Gasteiger partial charge in [-0.05, 0) is 57.8 Å². The molecule has 2 aliphatic carbocycles. The number of carbonyl (C=O) groups is 1. The summed E-state index contributed by atoms with van der Waals surface area (Å²) in [7, 11) is 0. The summed E-state index contributed by atoms with van der Waals surface area (Å²) < 4.78 is 14.6. The van der Waals surface area contributed by atoms with Gasteiger partial charge in [0.05, 0.1) is 16.6 Å². The van der Waals surface area contributed by atoms with Gasteiger partial charge in [0, 0.05) is 36.0 Å². The molecule has 0 aromatic carbocycles. The van der Waals surface area contributed by atoms with Crippen LogP contribution in [0.1, 0.15) is 86.0 Å². The van der Waals surface area contributed by atoms with Crippen LogP contribution in [0, 0.1) is 18.8 Å². The van der Waals surface area contributed by atoms with Crippen molar-refractivity contribution in [1.82, 2.24) is 15.2 Å². The number of piperidine rings is 1. The average molecular weight is 420 g/mol. The van der Waals surface area contributed by atoms with Crippen molar-refractivity contribution in [2.24, 2.45) is 11.8 Å². The predicted octanol–water partition coefficient (Wildman–Crippen LogP) is 4.67. The molecule has 160 valence electrons. The topological polar surface area (TPSA) is 45.2 Å². The number of amides is 1. The van der Waals surface area contributed by atoms with E-state index in [1.807, 2.05) is 6.92 Å². The summed E-state index contributed by atoms with van der Waals surface area (Å²) in [5.41, 5.74) is 0.373. The molecule has 4 nitrogen and oxygen atoms in total. The minimum atomic E-state index is -0.970. The van der Waals surface area contributed by atoms with E-state index in [0.717, 1.165) is 42.4 Å². The van der Waals surface area contributed by atoms with Gasteiger partial charge in [0.25, 0.3) is 0 Å². The maximum atomic E-state index is 14.6. The molecule has 0 radical (unpaired) electrons. The van der Waals surface area contributed by atoms with Gasteiger partial charge < -0.3 is 10.2 Å². The lowest BCUT2D eigenvalue weighted by Gasteiger charge is -2.45. The maximum Gasteiger partial charge on any atom is 0.228 e. The molecule has 2 aliphatic heterocycles. The Morgan fingerprint density at radius 3 is 2.79 bits per heavy atom. The molecule has 0 bridgehead atoms. The first kappa shape index (κ1) is 19.9. The van der Waals surface area contributed by atoms with Crippen LogP contribution in [0.4, 0.5) is 4.39 Å². The number of halogens is 1. The van der Waals surface area contributed by atoms with Gasteiger partial charge >= 0.3 is 0 Å². The number of alkyl halides is 1. The molecule has 1 aromatic heterocycles. The Morgan fingerprint density at radius 2 is 1.97 bits per heavy atom. The largest absolute Gasteiger partial charge is 0.339 e. The molecule has 1 N–H and O–H groups in total. The Kier molecular flexibility index (Phi) is 5.44. The monoisotopic (exact) mass is 419 g/mol. The number of aromatic nitrogens is 1. The number of likely N-dealkylation sites (tertiary alicyclic amines) is 1. The van der Waals surface area contributed by atoms with Crippen molar-refractivity contribution in [3.63, 3.8) is 0 Å². The van der Waals surface area contributed by atoms with E-state index in [2.05, 4.69) is 15.2 Å². The van der Waals surface area contributed by atoms with Crippen molar-refractivity contribution in [3.05, 3.63) is 15.6 Å². The molecular weight excluding hydrogens is 385 g/mol. The van der Waals surface area contributed by atoms with Crippen molar-refractivity contribution in [2.45, 2.75) is 88.8 Å². The van der Waals surface area contributed by atoms with Crippen LogP contribution in [0.5, 0.6) is 0 Å². The van der Waals surface area contributed by atoms with Crippen molar-refractivity contribution in [1.29, 1.82) is 0 Å². The van der Waals surface area contributed by atoms with E-state index in [0.29, 0.717) is 30.0 Å². The number of aryl methyl sites for hydroxylation is 1. The number of nitrogens with one attached hydrogen (secondary N) is 1. The number of rotatable bonds is 2. The van der Waals surface area contributed by atoms with Crippen LogP contribution in [-0.2, 0) is 10.2 Å². The smallest absolute Gasteiger partial charge is 0.228 e. The summed E-state index contributed by atoms with van der Waals surface area (Å²) in [6.07, 6.45) is 10.4. The molecule has 2 saturated heterocycles. The van der Waals surface area contributed by atoms with Crippen LogP contribution in [-0.4, -0.2) is 41.5 Å². The molecule has 1 amide bonds. The predicted molar refractivity (Wildman–Crippen MR) is 114 cm³/mol. The number of hydrogen-bond donors (Lipinski definition) is 1. The Labute approximate surface area is 177 Å². The zero-order valence-corrected chi connectivity index (χ0v) is 18.4. The average Bonchev–Trinajstić information content (AvgIpc) is 3.36. The fraction of sp³-hybridized carbons (Fsp3) is 0.826. The molecule has 29 heavy (non-hydrogen) atoms. The molecule has 4 atom stereocenters. The van der Waals surface area contributed by atoms with Gasteiger partial charge in [0.1, 0.15) is 6.17 Å². The van der Waals surface area contributed by atoms with Crippen LogP contribution in [0.25, 0.3) is 0 Å². The van der Waals surface area contributed by atoms with E-state index in [9.17, 15) is 9.18 Å². The second-order valence-electron chi connectivity index (χ2n) is 9.79. The van der Waals surface area contributed by atoms with Gasteiger partial charge in [0.2, 0.25) is 5.91 Å². The molecule has 2 unspecified atom stereocenters. The minimum Gasteiger partial charge on any atom is -0.339 e. The van der Waals surface area contributed by atoms with Gasteiger partial charge in [-0.1, -0.05) is 19.3 Å². The third kappa shape index (κ3) is 3.34. The lowest BCUT2D eigenvalue weighted by molar-refractivity contribution is -0.142. The number of hydrogen-bond acceptors (Lipinski definition) is 4. The Morgan fingerprint density at radius 1 is 1.17 bits per heavy atom. The van der Waals surface area contributed by atoms with Crippen LogP contribution < -0.4 is 5.32 Å². The molecule has 1 aromatic rings. The van der Waals surface area contributed by atoms with Gasteiger partial charge in [-0.15, -0.1) is 11.3 Å². The van der Waals surface area contributed by atoms with E-state index in [1.54, 1.807) is 11.3 Å². The quantitative estimate of drug-likeness (QED) is 0.757. The highest BCUT2D eigenvalue weighted by Gasteiger charge is 2.54. The van der Waals surface area contributed by atoms with Crippen molar-refractivity contribution >= 4 is 17.2 Å². The summed E-state index contributed by atoms with van der Waals surface area (Å²) in [4.78, 5) is 21.9. The standard InChI is InChI=1S/C23H34FN3OS/c1-15-26-20-18(24)10-11-23(21(20)29-15)14-25-13-17(23)22(28)27-12-6-5-9-19(27)16-7-3-2-4-8-16/h16-19,25H,2-14H2,1H3/t17?,18?,19-,23+/m0/s1. The van der Waals surface area contributed by atoms with E-state index in [-0.39, 0.29) is 11.3 Å². The van der Waals surface area contributed by atoms with Gasteiger partial charge in [0.15, 0.2) is 0 Å². The third-order valence-corrected chi connectivity index (χ3v) is 9.34. The molecule has 3 heterocycles. The fourth-order valence-electron chi connectivity index (χ4n) is 6.67. The Balaban J connectivity index is 1.45. The number of fused-ring (bicyclic) bond motifs is 2. The summed E-state index contributed by atoms with van der Waals surface area (Å²) in [6.45, 7) is 4.38. The van der Waals surface area contributed by atoms with Crippen molar-refractivity contribution in [2.75, 3.05) is 19.6 Å². The normalized spacial score (nSPS) is 35.8. The van der Waals surface area contributed by atoms with Crippen LogP contribution >= 0.6 is 11.3 Å². The minimum absolute atomic E-state index is 0.0715. The lowest BCUT2D eigenvalue weighted by Crippen LogP contribution is -2.54. The van der Waals surface area contributed by atoms with Crippen molar-refractivity contribution < 1.29 is 9.18 Å². The maximum absolute atomic E-state index is 14.6. The van der Waals surface area contributed by atoms with E-state index < -0.39 is 6.17 Å². The summed E-state index contributed by atoms with van der Waals surface area (Å²) in [5, 5.41) is 4.45. The highest BCUT2D eigenvalue weighted by Crippen LogP contribution is 2.52. The fourth-order valence-corrected chi connectivity index (χ4v) is 7.91. The number of thiazole rings is 1. The Bertz CT molecular complexity index is 761. The molecule has 5 rings (SSSR count). The zero-order chi connectivity index (χ0) is 20.0. The molecule has 3 fully saturated rings. The summed E-state index contributed by atoms with van der Waals surface area (Å²) in [6, 6.07) is 0.425. The second kappa shape index (κ2) is 7.92. The van der Waals surface area contributed by atoms with Crippen molar-refractivity contribution in [3.8, 4) is 0 Å². The van der Waals surface area contributed by atoms with Crippen LogP contribution in [0.15, 0.2) is 0 Å². The first-order chi connectivity index (χ1) is 14.1. The second-order valence-corrected chi connectivity index (χ2v) is 11.0. The SMILES string of the molecule is Cc1nc2c(s1)[C@]1(CCC2F)CNCC1C(=O)N1CCCC[C@H]1C1CCCCC1. The highest BCUT2D eigenvalue weighted by molar-refractivity contribution is 7.11. The third-order valence-electron chi connectivity index (χ3n) is 8.13. The highest BCUT2D eigenvalue weighted by atomic mass is 32.1. The number of nitrogens with zero attached hydrogens (tertiary/aromatic N) is 2. The van der Waals surface area contributed by atoms with Crippen LogP contribution in [0.2, 0.25) is 0 Å². The lowest BCUT2D eigenvalue weighted by atomic mass is 9.68. The van der Waals surface area contributed by atoms with E-state index in [1.165, 1.54) is 44.9 Å². The van der Waals surface area contributed by atoms with E-state index >= 15 is 0 Å². The van der Waals surface area contributed by atoms with Gasteiger partial charge in [-0.2, -0.15) is 0 Å². The first-order valence-electron chi connectivity index (χ1n) is 11.7. The molecule has 1 saturated carbocycles. The van der Waals surface area contributed by atoms with Gasteiger partial charge in [-0.25, -0.2) is 9.37 Å². The molecule has 1 spiro atoms. The molecular formula is C23H34FN3OS. The molecule has 6 heteroatoms. The molecule has 4 aliphatic rings. The summed E-state index contributed by atoms with van der Waals surface area (Å²) in [5.74, 6) is 0.943. The number of carbonyl (C=O) groups excluding carboxylic acids is 1. The van der Waals surface area contributed by atoms with E-state index in [4.69, 9.17) is 0 Å². The van der Waals surface area contributed by atoms with Crippen LogP contribution in [0.3, 0.4) is 0 Å². The summed E-state index contributed by atoms with van der Waals surface area (Å²) >= 11 is 1.62. The Hall–Kier alpha value is -1.01. The first-order valence-corrected chi connectivity index (χ1v) is 12.5.